The van der Waals surface area contributed by atoms with Gasteiger partial charge in [0.1, 0.15) is 11.9 Å². The van der Waals surface area contributed by atoms with Crippen LogP contribution in [0, 0.1) is 0 Å². The second-order valence-corrected chi connectivity index (χ2v) is 7.37. The highest BCUT2D eigenvalue weighted by Gasteiger charge is 2.20. The van der Waals surface area contributed by atoms with E-state index in [1.807, 2.05) is 36.4 Å². The highest BCUT2D eigenvalue weighted by atomic mass is 16.6. The van der Waals surface area contributed by atoms with Crippen LogP contribution in [0.5, 0.6) is 0 Å². The van der Waals surface area contributed by atoms with E-state index in [0.29, 0.717) is 11.3 Å². The van der Waals surface area contributed by atoms with Crippen molar-refractivity contribution in [2.24, 2.45) is 0 Å². The molecular formula is C24H23N3O4. The number of carbonyl (C=O) groups is 2. The van der Waals surface area contributed by atoms with Crippen LogP contribution >= 0.6 is 0 Å². The quantitative estimate of drug-likeness (QED) is 0.582. The van der Waals surface area contributed by atoms with Gasteiger partial charge in [-0.15, -0.1) is 0 Å². The smallest absolute Gasteiger partial charge is 0.413 e. The third kappa shape index (κ3) is 5.06. The maximum absolute atomic E-state index is 12.3. The maximum atomic E-state index is 12.3. The SMILES string of the molecule is COC(=O)c1cc(NC(=O)OC2CCCC2)nc(-c2ccc(-c3cccnc3)cc2)c1. The number of hydrogen-bond acceptors (Lipinski definition) is 6. The van der Waals surface area contributed by atoms with Gasteiger partial charge in [0.2, 0.25) is 0 Å². The van der Waals surface area contributed by atoms with Crippen molar-refractivity contribution in [2.75, 3.05) is 12.4 Å². The number of esters is 1. The number of ether oxygens (including phenoxy) is 2. The molecule has 0 aliphatic heterocycles. The maximum Gasteiger partial charge on any atom is 0.413 e. The molecule has 0 atom stereocenters. The van der Waals surface area contributed by atoms with Gasteiger partial charge >= 0.3 is 12.1 Å². The Labute approximate surface area is 180 Å². The lowest BCUT2D eigenvalue weighted by Gasteiger charge is -2.13. The molecule has 2 aromatic heterocycles. The summed E-state index contributed by atoms with van der Waals surface area (Å²) in [5.74, 6) is -0.278. The summed E-state index contributed by atoms with van der Waals surface area (Å²) in [7, 11) is 1.31. The molecule has 7 heteroatoms. The zero-order chi connectivity index (χ0) is 21.6. The second-order valence-electron chi connectivity index (χ2n) is 7.37. The fraction of sp³-hybridized carbons (Fsp3) is 0.250. The van der Waals surface area contributed by atoms with Crippen molar-refractivity contribution in [2.45, 2.75) is 31.8 Å². The highest BCUT2D eigenvalue weighted by Crippen LogP contribution is 2.26. The van der Waals surface area contributed by atoms with Crippen LogP contribution in [0.1, 0.15) is 36.0 Å². The van der Waals surface area contributed by atoms with E-state index in [0.717, 1.165) is 42.4 Å². The molecule has 0 unspecified atom stereocenters. The average Bonchev–Trinajstić information content (AvgIpc) is 3.32. The molecule has 0 radical (unpaired) electrons. The Kier molecular flexibility index (Phi) is 6.21. The number of carbonyl (C=O) groups excluding carboxylic acids is 2. The summed E-state index contributed by atoms with van der Waals surface area (Å²) in [6.45, 7) is 0. The largest absolute Gasteiger partial charge is 0.465 e. The van der Waals surface area contributed by atoms with Gasteiger partial charge in [0.25, 0.3) is 0 Å². The first-order valence-corrected chi connectivity index (χ1v) is 10.2. The van der Waals surface area contributed by atoms with Crippen molar-refractivity contribution in [1.29, 1.82) is 0 Å². The molecule has 7 nitrogen and oxygen atoms in total. The number of anilines is 1. The minimum atomic E-state index is -0.570. The van der Waals surface area contributed by atoms with Crippen LogP contribution < -0.4 is 5.32 Å². The van der Waals surface area contributed by atoms with E-state index >= 15 is 0 Å². The molecule has 31 heavy (non-hydrogen) atoms. The van der Waals surface area contributed by atoms with Crippen LogP contribution in [-0.2, 0) is 9.47 Å². The normalized spacial score (nSPS) is 13.6. The van der Waals surface area contributed by atoms with E-state index in [1.165, 1.54) is 13.2 Å². The van der Waals surface area contributed by atoms with Gasteiger partial charge in [0.05, 0.1) is 18.4 Å². The number of amides is 1. The summed E-state index contributed by atoms with van der Waals surface area (Å²) in [6, 6.07) is 14.7. The number of aromatic nitrogens is 2. The van der Waals surface area contributed by atoms with E-state index in [1.54, 1.807) is 18.5 Å². The number of pyridine rings is 2. The molecule has 1 fully saturated rings. The summed E-state index contributed by atoms with van der Waals surface area (Å²) in [4.78, 5) is 33.1. The molecule has 158 valence electrons. The fourth-order valence-electron chi connectivity index (χ4n) is 3.64. The van der Waals surface area contributed by atoms with Gasteiger partial charge in [-0.2, -0.15) is 0 Å². The number of nitrogens with zero attached hydrogens (tertiary/aromatic N) is 2. The van der Waals surface area contributed by atoms with Crippen molar-refractivity contribution in [3.63, 3.8) is 0 Å². The second kappa shape index (κ2) is 9.38. The fourth-order valence-corrected chi connectivity index (χ4v) is 3.64. The third-order valence-electron chi connectivity index (χ3n) is 5.23. The first-order valence-electron chi connectivity index (χ1n) is 10.2. The van der Waals surface area contributed by atoms with Crippen molar-refractivity contribution in [3.05, 3.63) is 66.5 Å². The van der Waals surface area contributed by atoms with E-state index in [-0.39, 0.29) is 11.9 Å². The first-order chi connectivity index (χ1) is 15.1. The molecule has 4 rings (SSSR count). The zero-order valence-corrected chi connectivity index (χ0v) is 17.2. The number of methoxy groups -OCH3 is 1. The van der Waals surface area contributed by atoms with E-state index in [9.17, 15) is 9.59 Å². The molecule has 0 saturated heterocycles. The van der Waals surface area contributed by atoms with Crippen LogP contribution in [0.15, 0.2) is 60.9 Å². The molecule has 1 amide bonds. The molecule has 1 aliphatic rings. The lowest BCUT2D eigenvalue weighted by atomic mass is 10.0. The van der Waals surface area contributed by atoms with E-state index in [2.05, 4.69) is 15.3 Å². The Bertz CT molecular complexity index is 1060. The summed E-state index contributed by atoms with van der Waals surface area (Å²) >= 11 is 0. The third-order valence-corrected chi connectivity index (χ3v) is 5.23. The molecule has 1 aromatic carbocycles. The molecule has 2 heterocycles. The first kappa shape index (κ1) is 20.5. The number of benzene rings is 1. The summed E-state index contributed by atoms with van der Waals surface area (Å²) in [6.07, 6.45) is 6.76. The molecule has 0 bridgehead atoms. The Morgan fingerprint density at radius 1 is 1.00 bits per heavy atom. The molecule has 1 aliphatic carbocycles. The molecule has 1 N–H and O–H groups in total. The monoisotopic (exact) mass is 417 g/mol. The van der Waals surface area contributed by atoms with Gasteiger partial charge in [-0.3, -0.25) is 10.3 Å². The van der Waals surface area contributed by atoms with Gasteiger partial charge in [-0.1, -0.05) is 30.3 Å². The van der Waals surface area contributed by atoms with Crippen LogP contribution in [0.25, 0.3) is 22.4 Å². The summed E-state index contributed by atoms with van der Waals surface area (Å²) < 4.78 is 10.3. The van der Waals surface area contributed by atoms with Crippen molar-refractivity contribution >= 4 is 17.9 Å². The molecule has 1 saturated carbocycles. The zero-order valence-electron chi connectivity index (χ0n) is 17.2. The molecule has 0 spiro atoms. The Morgan fingerprint density at radius 2 is 1.74 bits per heavy atom. The van der Waals surface area contributed by atoms with Crippen LogP contribution in [0.2, 0.25) is 0 Å². The van der Waals surface area contributed by atoms with Gasteiger partial charge in [-0.25, -0.2) is 14.6 Å². The Balaban J connectivity index is 1.59. The predicted octanol–water partition coefficient (Wildman–Crippen LogP) is 5.09. The van der Waals surface area contributed by atoms with E-state index in [4.69, 9.17) is 9.47 Å². The van der Waals surface area contributed by atoms with Gasteiger partial charge in [-0.05, 0) is 55.0 Å². The predicted molar refractivity (Wildman–Crippen MR) is 117 cm³/mol. The molecule has 3 aromatic rings. The minimum absolute atomic E-state index is 0.0664. The average molecular weight is 417 g/mol. The Morgan fingerprint density at radius 3 is 2.42 bits per heavy atom. The highest BCUT2D eigenvalue weighted by molar-refractivity contribution is 5.93. The van der Waals surface area contributed by atoms with Gasteiger partial charge in [0, 0.05) is 18.0 Å². The number of nitrogens with one attached hydrogen (secondary N) is 1. The number of hydrogen-bond donors (Lipinski definition) is 1. The summed E-state index contributed by atoms with van der Waals surface area (Å²) in [5.41, 5.74) is 3.64. The minimum Gasteiger partial charge on any atom is -0.465 e. The van der Waals surface area contributed by atoms with Crippen molar-refractivity contribution < 1.29 is 19.1 Å². The van der Waals surface area contributed by atoms with Crippen molar-refractivity contribution in [1.82, 2.24) is 9.97 Å². The van der Waals surface area contributed by atoms with Gasteiger partial charge < -0.3 is 9.47 Å². The topological polar surface area (TPSA) is 90.4 Å². The number of rotatable bonds is 5. The lowest BCUT2D eigenvalue weighted by Crippen LogP contribution is -2.21. The van der Waals surface area contributed by atoms with Gasteiger partial charge in [0.15, 0.2) is 0 Å². The van der Waals surface area contributed by atoms with E-state index < -0.39 is 12.1 Å². The Hall–Kier alpha value is -3.74. The lowest BCUT2D eigenvalue weighted by molar-refractivity contribution is 0.0600. The van der Waals surface area contributed by atoms with Crippen molar-refractivity contribution in [3.8, 4) is 22.4 Å². The van der Waals surface area contributed by atoms with Crippen LogP contribution in [0.3, 0.4) is 0 Å². The van der Waals surface area contributed by atoms with Crippen LogP contribution in [0.4, 0.5) is 10.6 Å². The molecular weight excluding hydrogens is 394 g/mol. The standard InChI is InChI=1S/C24H23N3O4/c1-30-23(28)19-13-21(17-10-8-16(9-11-17)18-5-4-12-25-15-18)26-22(14-19)27-24(29)31-20-6-2-3-7-20/h4-5,8-15,20H,2-3,6-7H2,1H3,(H,26,27,29). The summed E-state index contributed by atoms with van der Waals surface area (Å²) in [5, 5.41) is 2.65. The van der Waals surface area contributed by atoms with Crippen LogP contribution in [-0.4, -0.2) is 35.2 Å².